The van der Waals surface area contributed by atoms with Crippen molar-refractivity contribution in [3.8, 4) is 0 Å². The van der Waals surface area contributed by atoms with Crippen LogP contribution in [0.15, 0.2) is 81.5 Å². The molecule has 0 radical (unpaired) electrons. The molecule has 2 aromatic carbocycles. The van der Waals surface area contributed by atoms with Crippen LogP contribution in [0.25, 0.3) is 0 Å². The molecule has 2 heterocycles. The van der Waals surface area contributed by atoms with Crippen molar-refractivity contribution in [3.05, 3.63) is 87.1 Å². The third-order valence-electron chi connectivity index (χ3n) is 5.58. The standard InChI is InChI=1S/C28H29N3O3S2/c1-17(2)16-31-27(33)24(29-20-12-10-19(11-13-20)18(3)4)25(28(31)34)36-22-8-5-7-21(15-22)30-26(32)23-9-6-14-35-23/h5-15,17-18,29H,16H2,1-4H3,(H,30,32). The van der Waals surface area contributed by atoms with Crippen LogP contribution in [0.3, 0.4) is 0 Å². The first-order valence-electron chi connectivity index (χ1n) is 11.8. The molecule has 0 unspecified atom stereocenters. The van der Waals surface area contributed by atoms with E-state index in [4.69, 9.17) is 0 Å². The summed E-state index contributed by atoms with van der Waals surface area (Å²) in [6.07, 6.45) is 0. The molecule has 0 bridgehead atoms. The second kappa shape index (κ2) is 11.1. The Hall–Kier alpha value is -3.36. The summed E-state index contributed by atoms with van der Waals surface area (Å²) < 4.78 is 0. The van der Waals surface area contributed by atoms with Crippen molar-refractivity contribution >= 4 is 52.2 Å². The predicted octanol–water partition coefficient (Wildman–Crippen LogP) is 6.56. The van der Waals surface area contributed by atoms with Gasteiger partial charge < -0.3 is 10.6 Å². The number of nitrogens with zero attached hydrogens (tertiary/aromatic N) is 1. The fraction of sp³-hybridized carbons (Fsp3) is 0.250. The zero-order chi connectivity index (χ0) is 25.8. The molecular formula is C28H29N3O3S2. The van der Waals surface area contributed by atoms with E-state index in [0.29, 0.717) is 27.9 Å². The molecule has 8 heteroatoms. The van der Waals surface area contributed by atoms with Gasteiger partial charge in [0.25, 0.3) is 17.7 Å². The second-order valence-corrected chi connectivity index (χ2v) is 11.3. The Morgan fingerprint density at radius 3 is 2.33 bits per heavy atom. The number of benzene rings is 2. The van der Waals surface area contributed by atoms with Gasteiger partial charge in [0.1, 0.15) is 10.6 Å². The molecule has 0 aliphatic carbocycles. The number of amides is 3. The van der Waals surface area contributed by atoms with Gasteiger partial charge in [-0.15, -0.1) is 11.3 Å². The van der Waals surface area contributed by atoms with Crippen LogP contribution in [0.5, 0.6) is 0 Å². The number of imide groups is 1. The topological polar surface area (TPSA) is 78.5 Å². The lowest BCUT2D eigenvalue weighted by molar-refractivity contribution is -0.137. The normalized spacial score (nSPS) is 13.8. The average Bonchev–Trinajstić information content (AvgIpc) is 3.45. The molecule has 0 spiro atoms. The number of carbonyl (C=O) groups excluding carboxylic acids is 3. The first-order valence-corrected chi connectivity index (χ1v) is 13.5. The van der Waals surface area contributed by atoms with Gasteiger partial charge >= 0.3 is 0 Å². The van der Waals surface area contributed by atoms with Crippen LogP contribution >= 0.6 is 23.1 Å². The van der Waals surface area contributed by atoms with E-state index in [1.807, 2.05) is 61.7 Å². The van der Waals surface area contributed by atoms with E-state index in [2.05, 4.69) is 24.5 Å². The molecule has 1 aliphatic rings. The molecule has 6 nitrogen and oxygen atoms in total. The lowest BCUT2D eigenvalue weighted by Gasteiger charge is -2.17. The number of hydrogen-bond donors (Lipinski definition) is 2. The zero-order valence-corrected chi connectivity index (χ0v) is 22.3. The van der Waals surface area contributed by atoms with Gasteiger partial charge in [-0.2, -0.15) is 0 Å². The van der Waals surface area contributed by atoms with Crippen LogP contribution in [-0.4, -0.2) is 29.2 Å². The third-order valence-corrected chi connectivity index (χ3v) is 7.52. The number of thiophene rings is 1. The van der Waals surface area contributed by atoms with Crippen molar-refractivity contribution in [1.29, 1.82) is 0 Å². The summed E-state index contributed by atoms with van der Waals surface area (Å²) in [5, 5.41) is 7.95. The van der Waals surface area contributed by atoms with Crippen LogP contribution in [-0.2, 0) is 9.59 Å². The van der Waals surface area contributed by atoms with Gasteiger partial charge in [-0.05, 0) is 59.2 Å². The van der Waals surface area contributed by atoms with E-state index in [0.717, 1.165) is 10.6 Å². The van der Waals surface area contributed by atoms with Crippen LogP contribution in [0.2, 0.25) is 0 Å². The smallest absolute Gasteiger partial charge is 0.278 e. The summed E-state index contributed by atoms with van der Waals surface area (Å²) in [5.74, 6) is -0.286. The van der Waals surface area contributed by atoms with E-state index in [1.165, 1.54) is 33.6 Å². The van der Waals surface area contributed by atoms with Gasteiger partial charge in [-0.3, -0.25) is 19.3 Å². The number of thioether (sulfide) groups is 1. The molecule has 0 atom stereocenters. The van der Waals surface area contributed by atoms with Gasteiger partial charge in [0.2, 0.25) is 0 Å². The summed E-state index contributed by atoms with van der Waals surface area (Å²) in [5.41, 5.74) is 2.84. The molecule has 4 rings (SSSR count). The Labute approximate surface area is 219 Å². The minimum atomic E-state index is -0.328. The van der Waals surface area contributed by atoms with Gasteiger partial charge in [0.15, 0.2) is 0 Å². The molecule has 0 saturated carbocycles. The predicted molar refractivity (Wildman–Crippen MR) is 147 cm³/mol. The zero-order valence-electron chi connectivity index (χ0n) is 20.7. The number of anilines is 2. The lowest BCUT2D eigenvalue weighted by Crippen LogP contribution is -2.35. The van der Waals surface area contributed by atoms with Crippen molar-refractivity contribution in [2.45, 2.75) is 38.5 Å². The lowest BCUT2D eigenvalue weighted by atomic mass is 10.0. The van der Waals surface area contributed by atoms with Crippen LogP contribution in [0.1, 0.15) is 48.8 Å². The van der Waals surface area contributed by atoms with Gasteiger partial charge in [0.05, 0.1) is 4.88 Å². The van der Waals surface area contributed by atoms with E-state index in [9.17, 15) is 14.4 Å². The Balaban J connectivity index is 1.61. The average molecular weight is 520 g/mol. The van der Waals surface area contributed by atoms with Gasteiger partial charge in [0, 0.05) is 22.8 Å². The highest BCUT2D eigenvalue weighted by atomic mass is 32.2. The summed E-state index contributed by atoms with van der Waals surface area (Å²) in [7, 11) is 0. The number of nitrogens with one attached hydrogen (secondary N) is 2. The molecule has 36 heavy (non-hydrogen) atoms. The molecule has 186 valence electrons. The van der Waals surface area contributed by atoms with E-state index < -0.39 is 0 Å². The Bertz CT molecular complexity index is 1300. The molecule has 2 N–H and O–H groups in total. The molecule has 3 aromatic rings. The monoisotopic (exact) mass is 519 g/mol. The van der Waals surface area contributed by atoms with E-state index in [1.54, 1.807) is 18.2 Å². The van der Waals surface area contributed by atoms with Crippen LogP contribution in [0, 0.1) is 5.92 Å². The highest BCUT2D eigenvalue weighted by Crippen LogP contribution is 2.37. The summed E-state index contributed by atoms with van der Waals surface area (Å²) in [6, 6.07) is 18.8. The number of rotatable bonds is 9. The minimum absolute atomic E-state index is 0.143. The highest BCUT2D eigenvalue weighted by molar-refractivity contribution is 8.04. The molecule has 3 amide bonds. The summed E-state index contributed by atoms with van der Waals surface area (Å²) in [4.78, 5) is 42.1. The van der Waals surface area contributed by atoms with Crippen molar-refractivity contribution < 1.29 is 14.4 Å². The Morgan fingerprint density at radius 1 is 0.944 bits per heavy atom. The maximum Gasteiger partial charge on any atom is 0.278 e. The van der Waals surface area contributed by atoms with E-state index in [-0.39, 0.29) is 29.3 Å². The maximum atomic E-state index is 13.3. The Morgan fingerprint density at radius 2 is 1.69 bits per heavy atom. The van der Waals surface area contributed by atoms with E-state index >= 15 is 0 Å². The number of hydrogen-bond acceptors (Lipinski definition) is 6. The summed E-state index contributed by atoms with van der Waals surface area (Å²) >= 11 is 2.59. The first-order chi connectivity index (χ1) is 17.2. The quantitative estimate of drug-likeness (QED) is 0.313. The maximum absolute atomic E-state index is 13.3. The van der Waals surface area contributed by atoms with Gasteiger partial charge in [-0.1, -0.05) is 63.7 Å². The van der Waals surface area contributed by atoms with Crippen molar-refractivity contribution in [3.63, 3.8) is 0 Å². The molecule has 1 aromatic heterocycles. The highest BCUT2D eigenvalue weighted by Gasteiger charge is 2.39. The summed E-state index contributed by atoms with van der Waals surface area (Å²) in [6.45, 7) is 8.54. The van der Waals surface area contributed by atoms with Crippen molar-refractivity contribution in [2.24, 2.45) is 5.92 Å². The Kier molecular flexibility index (Phi) is 7.96. The first kappa shape index (κ1) is 25.7. The minimum Gasteiger partial charge on any atom is -0.350 e. The molecule has 1 aliphatic heterocycles. The van der Waals surface area contributed by atoms with Gasteiger partial charge in [-0.25, -0.2) is 0 Å². The molecule has 0 saturated heterocycles. The largest absolute Gasteiger partial charge is 0.350 e. The fourth-order valence-corrected chi connectivity index (χ4v) is 5.37. The molecular weight excluding hydrogens is 490 g/mol. The third kappa shape index (κ3) is 5.88. The fourth-order valence-electron chi connectivity index (χ4n) is 3.74. The second-order valence-electron chi connectivity index (χ2n) is 9.28. The molecule has 0 fully saturated rings. The van der Waals surface area contributed by atoms with Crippen LogP contribution in [0.4, 0.5) is 11.4 Å². The SMILES string of the molecule is CC(C)CN1C(=O)C(Nc2ccc(C(C)C)cc2)=C(Sc2cccc(NC(=O)c3cccs3)c2)C1=O. The van der Waals surface area contributed by atoms with Crippen molar-refractivity contribution in [1.82, 2.24) is 4.90 Å². The number of carbonyl (C=O) groups is 3. The van der Waals surface area contributed by atoms with Crippen molar-refractivity contribution in [2.75, 3.05) is 17.2 Å². The van der Waals surface area contributed by atoms with Crippen LogP contribution < -0.4 is 10.6 Å².